The lowest BCUT2D eigenvalue weighted by Gasteiger charge is -2.06. The summed E-state index contributed by atoms with van der Waals surface area (Å²) in [6.07, 6.45) is 3.53. The number of hydrogen-bond donors (Lipinski definition) is 2. The van der Waals surface area contributed by atoms with Gasteiger partial charge < -0.3 is 15.4 Å². The lowest BCUT2D eigenvalue weighted by Crippen LogP contribution is -2.17. The van der Waals surface area contributed by atoms with Crippen molar-refractivity contribution in [3.05, 3.63) is 54.7 Å². The minimum Gasteiger partial charge on any atom is -0.377 e. The lowest BCUT2D eigenvalue weighted by molar-refractivity contribution is -0.121. The molecule has 0 fully saturated rings. The smallest absolute Gasteiger partial charge is 0.226 e. The van der Waals surface area contributed by atoms with Gasteiger partial charge in [0.25, 0.3) is 0 Å². The fourth-order valence-corrected chi connectivity index (χ4v) is 4.69. The summed E-state index contributed by atoms with van der Waals surface area (Å²) < 4.78 is 7.33. The molecule has 0 radical (unpaired) electrons. The van der Waals surface area contributed by atoms with Gasteiger partial charge in [0, 0.05) is 30.5 Å². The normalized spacial score (nSPS) is 10.7. The molecule has 2 N–H and O–H groups in total. The molecule has 0 unspecified atom stereocenters. The molecule has 2 aromatic heterocycles. The Hall–Kier alpha value is -2.75. The van der Waals surface area contributed by atoms with E-state index in [-0.39, 0.29) is 24.7 Å². The average molecular weight is 457 g/mol. The number of anilines is 2. The first-order valence-electron chi connectivity index (χ1n) is 9.78. The molecule has 0 saturated carbocycles. The van der Waals surface area contributed by atoms with Crippen molar-refractivity contribution >= 4 is 56.6 Å². The van der Waals surface area contributed by atoms with Crippen LogP contribution in [0.15, 0.2) is 53.5 Å². The fourth-order valence-electron chi connectivity index (χ4n) is 2.66. The molecule has 162 valence electrons. The van der Waals surface area contributed by atoms with Gasteiger partial charge in [0.05, 0.1) is 23.4 Å². The van der Waals surface area contributed by atoms with E-state index >= 15 is 0 Å². The molecular formula is C22H24N4O3S2. The Bertz CT molecular complexity index is 1070. The van der Waals surface area contributed by atoms with Crippen LogP contribution < -0.4 is 10.6 Å². The first kappa shape index (κ1) is 22.9. The number of hydrogen-bond acceptors (Lipinski definition) is 7. The van der Waals surface area contributed by atoms with E-state index in [1.807, 2.05) is 31.2 Å². The third kappa shape index (κ3) is 7.46. The zero-order valence-electron chi connectivity index (χ0n) is 17.2. The number of rotatable bonds is 11. The van der Waals surface area contributed by atoms with Crippen molar-refractivity contribution in [2.24, 2.45) is 0 Å². The molecule has 31 heavy (non-hydrogen) atoms. The topological polar surface area (TPSA) is 93.2 Å². The van der Waals surface area contributed by atoms with Gasteiger partial charge in [-0.05, 0) is 42.8 Å². The van der Waals surface area contributed by atoms with Crippen LogP contribution in [0.1, 0.15) is 18.4 Å². The zero-order valence-corrected chi connectivity index (χ0v) is 18.9. The fraction of sp³-hybridized carbons (Fsp3) is 0.273. The minimum absolute atomic E-state index is 0.0823. The predicted octanol–water partition coefficient (Wildman–Crippen LogP) is 4.65. The highest BCUT2D eigenvalue weighted by Gasteiger charge is 2.10. The summed E-state index contributed by atoms with van der Waals surface area (Å²) in [6, 6.07) is 9.24. The first-order chi connectivity index (χ1) is 15.0. The highest BCUT2D eigenvalue weighted by Crippen LogP contribution is 2.31. The van der Waals surface area contributed by atoms with E-state index in [9.17, 15) is 9.59 Å². The van der Waals surface area contributed by atoms with E-state index in [0.717, 1.165) is 25.9 Å². The molecule has 0 aliphatic rings. The van der Waals surface area contributed by atoms with Crippen LogP contribution in [-0.4, -0.2) is 40.7 Å². The number of ether oxygens (including phenoxy) is 1. The van der Waals surface area contributed by atoms with Crippen LogP contribution in [0.4, 0.5) is 11.5 Å². The average Bonchev–Trinajstić information content (AvgIpc) is 3.14. The molecule has 0 bridgehead atoms. The third-order valence-corrected chi connectivity index (χ3v) is 6.23. The van der Waals surface area contributed by atoms with Crippen molar-refractivity contribution in [3.8, 4) is 0 Å². The lowest BCUT2D eigenvalue weighted by atomic mass is 10.2. The second kappa shape index (κ2) is 11.6. The Labute approximate surface area is 189 Å². The second-order valence-corrected chi connectivity index (χ2v) is 9.06. The third-order valence-electron chi connectivity index (χ3n) is 4.10. The van der Waals surface area contributed by atoms with Gasteiger partial charge in [-0.15, -0.1) is 17.9 Å². The maximum absolute atomic E-state index is 12.2. The SMILES string of the molecule is C=CCOCCSc1nc2ccc(NC(=O)CCC(=O)Nc3cc(C)ccn3)cc2s1. The summed E-state index contributed by atoms with van der Waals surface area (Å²) in [7, 11) is 0. The monoisotopic (exact) mass is 456 g/mol. The number of pyridine rings is 1. The van der Waals surface area contributed by atoms with Crippen LogP contribution in [0.25, 0.3) is 10.2 Å². The molecule has 0 saturated heterocycles. The number of fused-ring (bicyclic) bond motifs is 1. The predicted molar refractivity (Wildman–Crippen MR) is 127 cm³/mol. The summed E-state index contributed by atoms with van der Waals surface area (Å²) in [6.45, 7) is 6.73. The number of aromatic nitrogens is 2. The molecule has 3 rings (SSSR count). The quantitative estimate of drug-likeness (QED) is 0.248. The summed E-state index contributed by atoms with van der Waals surface area (Å²) in [5, 5.41) is 5.55. The van der Waals surface area contributed by atoms with Gasteiger partial charge in [-0.1, -0.05) is 17.8 Å². The van der Waals surface area contributed by atoms with Crippen LogP contribution in [-0.2, 0) is 14.3 Å². The molecule has 3 aromatic rings. The molecule has 9 heteroatoms. The standard InChI is InChI=1S/C22H24N4O3S2/c1-3-10-29-11-12-30-22-25-17-5-4-16(14-18(17)31-22)24-20(27)6-7-21(28)26-19-13-15(2)8-9-23-19/h3-5,8-9,13-14H,1,6-7,10-12H2,2H3,(H,24,27)(H,23,26,28). The Morgan fingerprint density at radius 2 is 2.00 bits per heavy atom. The minimum atomic E-state index is -0.245. The number of amides is 2. The van der Waals surface area contributed by atoms with Crippen LogP contribution in [0.2, 0.25) is 0 Å². The van der Waals surface area contributed by atoms with E-state index in [2.05, 4.69) is 27.2 Å². The van der Waals surface area contributed by atoms with E-state index in [4.69, 9.17) is 4.74 Å². The molecule has 0 aliphatic carbocycles. The van der Waals surface area contributed by atoms with Crippen LogP contribution in [0.5, 0.6) is 0 Å². The Morgan fingerprint density at radius 1 is 1.19 bits per heavy atom. The molecule has 1 aromatic carbocycles. The summed E-state index contributed by atoms with van der Waals surface area (Å²) >= 11 is 3.22. The van der Waals surface area contributed by atoms with Crippen LogP contribution in [0.3, 0.4) is 0 Å². The number of nitrogens with zero attached hydrogens (tertiary/aromatic N) is 2. The molecule has 0 aliphatic heterocycles. The molecular weight excluding hydrogens is 432 g/mol. The van der Waals surface area contributed by atoms with Gasteiger partial charge in [0.1, 0.15) is 5.82 Å². The highest BCUT2D eigenvalue weighted by molar-refractivity contribution is 8.01. The summed E-state index contributed by atoms with van der Waals surface area (Å²) in [5.41, 5.74) is 2.58. The Kier molecular flexibility index (Phi) is 8.57. The van der Waals surface area contributed by atoms with Crippen LogP contribution in [0, 0.1) is 6.92 Å². The second-order valence-electron chi connectivity index (χ2n) is 6.69. The Balaban J connectivity index is 1.47. The number of thioether (sulfide) groups is 1. The van der Waals surface area contributed by atoms with Crippen molar-refractivity contribution in [3.63, 3.8) is 0 Å². The maximum Gasteiger partial charge on any atom is 0.226 e. The van der Waals surface area contributed by atoms with Gasteiger partial charge in [0.2, 0.25) is 11.8 Å². The zero-order chi connectivity index (χ0) is 22.1. The first-order valence-corrected chi connectivity index (χ1v) is 11.6. The van der Waals surface area contributed by atoms with E-state index in [0.29, 0.717) is 24.7 Å². The Morgan fingerprint density at radius 3 is 2.77 bits per heavy atom. The number of nitrogens with one attached hydrogen (secondary N) is 2. The van der Waals surface area contributed by atoms with Gasteiger partial charge >= 0.3 is 0 Å². The van der Waals surface area contributed by atoms with Crippen molar-refractivity contribution in [1.29, 1.82) is 0 Å². The van der Waals surface area contributed by atoms with Crippen LogP contribution >= 0.6 is 23.1 Å². The van der Waals surface area contributed by atoms with Crippen molar-refractivity contribution in [2.45, 2.75) is 24.1 Å². The van der Waals surface area contributed by atoms with Gasteiger partial charge in [-0.25, -0.2) is 9.97 Å². The van der Waals surface area contributed by atoms with E-state index < -0.39 is 0 Å². The molecule has 0 spiro atoms. The summed E-state index contributed by atoms with van der Waals surface area (Å²) in [4.78, 5) is 33.0. The number of benzene rings is 1. The van der Waals surface area contributed by atoms with Gasteiger partial charge in [-0.3, -0.25) is 9.59 Å². The summed E-state index contributed by atoms with van der Waals surface area (Å²) in [5.74, 6) is 0.842. The van der Waals surface area contributed by atoms with Gasteiger partial charge in [0.15, 0.2) is 4.34 Å². The maximum atomic E-state index is 12.2. The van der Waals surface area contributed by atoms with E-state index in [1.165, 1.54) is 0 Å². The van der Waals surface area contributed by atoms with Crippen molar-refractivity contribution in [1.82, 2.24) is 9.97 Å². The molecule has 2 heterocycles. The molecule has 7 nitrogen and oxygen atoms in total. The largest absolute Gasteiger partial charge is 0.377 e. The molecule has 2 amide bonds. The van der Waals surface area contributed by atoms with Gasteiger partial charge in [-0.2, -0.15) is 0 Å². The van der Waals surface area contributed by atoms with Crippen molar-refractivity contribution in [2.75, 3.05) is 29.6 Å². The number of thiazole rings is 1. The molecule has 0 atom stereocenters. The number of carbonyl (C=O) groups is 2. The van der Waals surface area contributed by atoms with Crippen molar-refractivity contribution < 1.29 is 14.3 Å². The van der Waals surface area contributed by atoms with E-state index in [1.54, 1.807) is 41.4 Å². The number of aryl methyl sites for hydroxylation is 1. The highest BCUT2D eigenvalue weighted by atomic mass is 32.2. The number of carbonyl (C=O) groups excluding carboxylic acids is 2.